The Morgan fingerprint density at radius 1 is 1.05 bits per heavy atom. The summed E-state index contributed by atoms with van der Waals surface area (Å²) in [7, 11) is 1.35. The molecule has 4 atom stereocenters. The minimum Gasteiger partial charge on any atom is -0.353 e. The first-order valence-corrected chi connectivity index (χ1v) is 14.5. The van der Waals surface area contributed by atoms with E-state index in [0.717, 1.165) is 19.3 Å². The summed E-state index contributed by atoms with van der Waals surface area (Å²) in [6, 6.07) is -2.88. The van der Waals surface area contributed by atoms with Gasteiger partial charge in [0.25, 0.3) is 11.8 Å². The molecule has 1 saturated heterocycles. The van der Waals surface area contributed by atoms with E-state index < -0.39 is 65.4 Å². The number of carbonyl (C=O) groups excluding carboxylic acids is 6. The van der Waals surface area contributed by atoms with Gasteiger partial charge in [0.05, 0.1) is 18.8 Å². The minimum atomic E-state index is -1.01. The van der Waals surface area contributed by atoms with Gasteiger partial charge in [-0.05, 0) is 30.6 Å². The van der Waals surface area contributed by atoms with Gasteiger partial charge in [0.2, 0.25) is 23.5 Å². The Labute approximate surface area is 247 Å². The summed E-state index contributed by atoms with van der Waals surface area (Å²) in [5.74, 6) is -3.58. The van der Waals surface area contributed by atoms with Gasteiger partial charge in [-0.15, -0.1) is 0 Å². The monoisotopic (exact) mass is 587 g/mol. The molecule has 42 heavy (non-hydrogen) atoms. The Morgan fingerprint density at radius 3 is 2.33 bits per heavy atom. The molecule has 1 aromatic heterocycles. The lowest BCUT2D eigenvalue weighted by Crippen LogP contribution is -2.59. The standard InChI is InChI=1S/C29H45N7O6/c1-7-9-11-18-14-21(26(40)34-19(10-8-2)23(38)27(41)30-6)36(17-18)28(42)24(29(3,4)5)35-22(37)16-33-25(39)20-15-31-12-13-32-20/h12-13,15,18-19,21,24H,7-11,14,16-17H2,1-6H3,(H,30,41)(H,33,39)(H,34,40)(H,35,37)/t18-,19-,21-,24+/m0/s1. The fourth-order valence-corrected chi connectivity index (χ4v) is 4.92. The molecule has 0 saturated carbocycles. The second-order valence-corrected chi connectivity index (χ2v) is 11.7. The minimum absolute atomic E-state index is 0.0501. The van der Waals surface area contributed by atoms with Gasteiger partial charge in [-0.2, -0.15) is 0 Å². The number of nitrogens with one attached hydrogen (secondary N) is 4. The number of likely N-dealkylation sites (tertiary alicyclic amines) is 1. The molecule has 1 aliphatic rings. The number of aromatic nitrogens is 2. The van der Waals surface area contributed by atoms with E-state index in [2.05, 4.69) is 38.2 Å². The summed E-state index contributed by atoms with van der Waals surface area (Å²) < 4.78 is 0. The zero-order chi connectivity index (χ0) is 31.4. The normalized spacial score (nSPS) is 18.0. The number of carbonyl (C=O) groups is 6. The Hall–Kier alpha value is -3.90. The van der Waals surface area contributed by atoms with Crippen LogP contribution in [0.5, 0.6) is 0 Å². The Morgan fingerprint density at radius 2 is 1.76 bits per heavy atom. The van der Waals surface area contributed by atoms with E-state index in [1.54, 1.807) is 20.8 Å². The summed E-state index contributed by atoms with van der Waals surface area (Å²) in [5.41, 5.74) is -0.682. The van der Waals surface area contributed by atoms with Gasteiger partial charge in [0, 0.05) is 26.0 Å². The maximum atomic E-state index is 14.0. The summed E-state index contributed by atoms with van der Waals surface area (Å²) in [5, 5.41) is 10.2. The van der Waals surface area contributed by atoms with E-state index in [9.17, 15) is 28.8 Å². The van der Waals surface area contributed by atoms with Crippen molar-refractivity contribution in [3.05, 3.63) is 24.3 Å². The summed E-state index contributed by atoms with van der Waals surface area (Å²) in [4.78, 5) is 86.6. The quantitative estimate of drug-likeness (QED) is 0.230. The molecule has 4 N–H and O–H groups in total. The third kappa shape index (κ3) is 9.59. The van der Waals surface area contributed by atoms with Crippen LogP contribution in [0.3, 0.4) is 0 Å². The van der Waals surface area contributed by atoms with Gasteiger partial charge >= 0.3 is 0 Å². The van der Waals surface area contributed by atoms with E-state index in [1.165, 1.54) is 30.5 Å². The number of unbranched alkanes of at least 4 members (excludes halogenated alkanes) is 1. The fraction of sp³-hybridized carbons (Fsp3) is 0.655. The van der Waals surface area contributed by atoms with E-state index in [1.807, 2.05) is 6.92 Å². The van der Waals surface area contributed by atoms with Crippen LogP contribution in [-0.2, 0) is 24.0 Å². The van der Waals surface area contributed by atoms with E-state index in [4.69, 9.17) is 0 Å². The van der Waals surface area contributed by atoms with Gasteiger partial charge in [-0.1, -0.05) is 53.9 Å². The molecule has 0 radical (unpaired) electrons. The van der Waals surface area contributed by atoms with Gasteiger partial charge in [0.1, 0.15) is 17.8 Å². The van der Waals surface area contributed by atoms with Crippen LogP contribution in [0.2, 0.25) is 0 Å². The van der Waals surface area contributed by atoms with Crippen molar-refractivity contribution in [3.63, 3.8) is 0 Å². The molecule has 13 nitrogen and oxygen atoms in total. The average Bonchev–Trinajstić information content (AvgIpc) is 3.40. The Kier molecular flexibility index (Phi) is 13.0. The van der Waals surface area contributed by atoms with E-state index in [0.29, 0.717) is 19.4 Å². The molecule has 0 unspecified atom stereocenters. The number of ketones is 1. The van der Waals surface area contributed by atoms with Gasteiger partial charge < -0.3 is 26.2 Å². The van der Waals surface area contributed by atoms with Crippen LogP contribution in [0.15, 0.2) is 18.6 Å². The molecule has 1 fully saturated rings. The molecule has 232 valence electrons. The third-order valence-corrected chi connectivity index (χ3v) is 7.22. The number of likely N-dealkylation sites (N-methyl/N-ethyl adjacent to an activating group) is 1. The summed E-state index contributed by atoms with van der Waals surface area (Å²) >= 11 is 0. The molecule has 5 amide bonds. The average molecular weight is 588 g/mol. The molecule has 2 rings (SSSR count). The highest BCUT2D eigenvalue weighted by atomic mass is 16.2. The Balaban J connectivity index is 2.23. The summed E-state index contributed by atoms with van der Waals surface area (Å²) in [6.07, 6.45) is 8.01. The largest absolute Gasteiger partial charge is 0.353 e. The van der Waals surface area contributed by atoms with Crippen LogP contribution in [0.25, 0.3) is 0 Å². The smallest absolute Gasteiger partial charge is 0.289 e. The van der Waals surface area contributed by atoms with Crippen molar-refractivity contribution in [2.24, 2.45) is 11.3 Å². The molecular formula is C29H45N7O6. The molecule has 1 aliphatic heterocycles. The highest BCUT2D eigenvalue weighted by Crippen LogP contribution is 2.31. The van der Waals surface area contributed by atoms with Crippen molar-refractivity contribution in [1.82, 2.24) is 36.1 Å². The lowest BCUT2D eigenvalue weighted by molar-refractivity contribution is -0.145. The highest BCUT2D eigenvalue weighted by molar-refractivity contribution is 6.38. The Bertz CT molecular complexity index is 1120. The van der Waals surface area contributed by atoms with Gasteiger partial charge in [-0.25, -0.2) is 4.98 Å². The van der Waals surface area contributed by atoms with Crippen molar-refractivity contribution >= 4 is 35.3 Å². The predicted octanol–water partition coefficient (Wildman–Crippen LogP) is 0.745. The lowest BCUT2D eigenvalue weighted by Gasteiger charge is -2.35. The molecule has 1 aromatic rings. The molecule has 0 bridgehead atoms. The number of Topliss-reactive ketones (excluding diaryl/α,β-unsaturated/α-hetero) is 1. The lowest BCUT2D eigenvalue weighted by atomic mass is 9.85. The topological polar surface area (TPSA) is 180 Å². The van der Waals surface area contributed by atoms with E-state index in [-0.39, 0.29) is 18.0 Å². The van der Waals surface area contributed by atoms with Crippen molar-refractivity contribution in [1.29, 1.82) is 0 Å². The van der Waals surface area contributed by atoms with Crippen molar-refractivity contribution in [2.45, 2.75) is 91.3 Å². The number of hydrogen-bond donors (Lipinski definition) is 4. The van der Waals surface area contributed by atoms with E-state index >= 15 is 0 Å². The van der Waals surface area contributed by atoms with Crippen molar-refractivity contribution < 1.29 is 28.8 Å². The zero-order valence-corrected chi connectivity index (χ0v) is 25.5. The second-order valence-electron chi connectivity index (χ2n) is 11.7. The molecule has 13 heteroatoms. The first-order chi connectivity index (χ1) is 19.8. The maximum absolute atomic E-state index is 14.0. The van der Waals surface area contributed by atoms with Gasteiger partial charge in [0.15, 0.2) is 0 Å². The summed E-state index contributed by atoms with van der Waals surface area (Å²) in [6.45, 7) is 9.24. The van der Waals surface area contributed by atoms with Crippen molar-refractivity contribution in [2.75, 3.05) is 20.1 Å². The fourth-order valence-electron chi connectivity index (χ4n) is 4.92. The van der Waals surface area contributed by atoms with Crippen LogP contribution in [-0.4, -0.2) is 88.4 Å². The molecule has 0 aliphatic carbocycles. The molecule has 0 aromatic carbocycles. The highest BCUT2D eigenvalue weighted by Gasteiger charge is 2.45. The maximum Gasteiger partial charge on any atom is 0.289 e. The molecular weight excluding hydrogens is 542 g/mol. The van der Waals surface area contributed by atoms with Crippen LogP contribution < -0.4 is 21.3 Å². The number of nitrogens with zero attached hydrogens (tertiary/aromatic N) is 3. The molecule has 2 heterocycles. The first kappa shape index (κ1) is 34.3. The van der Waals surface area contributed by atoms with Crippen LogP contribution in [0, 0.1) is 11.3 Å². The van der Waals surface area contributed by atoms with Gasteiger partial charge in [-0.3, -0.25) is 33.8 Å². The second kappa shape index (κ2) is 15.9. The number of rotatable bonds is 14. The van der Waals surface area contributed by atoms with Crippen molar-refractivity contribution in [3.8, 4) is 0 Å². The number of amides is 5. The third-order valence-electron chi connectivity index (χ3n) is 7.22. The van der Waals surface area contributed by atoms with Crippen LogP contribution >= 0.6 is 0 Å². The first-order valence-electron chi connectivity index (χ1n) is 14.5. The SMILES string of the molecule is CCCC[C@H]1C[C@@H](C(=O)N[C@@H](CCC)C(=O)C(=O)NC)N(C(=O)[C@@H](NC(=O)CNC(=O)c2cnccn2)C(C)(C)C)C1. The van der Waals surface area contributed by atoms with Crippen LogP contribution in [0.4, 0.5) is 0 Å². The number of hydrogen-bond acceptors (Lipinski definition) is 8. The zero-order valence-electron chi connectivity index (χ0n) is 25.5. The predicted molar refractivity (Wildman–Crippen MR) is 155 cm³/mol. The molecule has 0 spiro atoms. The van der Waals surface area contributed by atoms with Crippen LogP contribution in [0.1, 0.15) is 83.6 Å².